The van der Waals surface area contributed by atoms with E-state index in [0.717, 1.165) is 18.7 Å². The zero-order chi connectivity index (χ0) is 17.2. The molecule has 0 bridgehead atoms. The van der Waals surface area contributed by atoms with Crippen LogP contribution in [0.1, 0.15) is 18.4 Å². The molecule has 1 aliphatic rings. The summed E-state index contributed by atoms with van der Waals surface area (Å²) in [6, 6.07) is 14.5. The average molecular weight is 346 g/mol. The average Bonchev–Trinajstić information content (AvgIpc) is 2.58. The molecule has 1 N–H and O–H groups in total. The monoisotopic (exact) mass is 345 g/mol. The highest BCUT2D eigenvalue weighted by Gasteiger charge is 2.42. The van der Waals surface area contributed by atoms with Gasteiger partial charge in [0.2, 0.25) is 0 Å². The summed E-state index contributed by atoms with van der Waals surface area (Å²) in [6.45, 7) is 1.57. The number of hydrogen-bond donors (Lipinski definition) is 1. The minimum atomic E-state index is -0.800. The molecule has 1 fully saturated rings. The molecule has 3 rings (SSSR count). The molecule has 126 valence electrons. The number of halogens is 1. The molecule has 1 saturated heterocycles. The number of nitrogens with zero attached hydrogens (tertiary/aromatic N) is 1. The first-order chi connectivity index (χ1) is 11.5. The van der Waals surface area contributed by atoms with Crippen LogP contribution in [0.25, 0.3) is 0 Å². The number of piperidine rings is 1. The molecule has 4 nitrogen and oxygen atoms in total. The Morgan fingerprint density at radius 3 is 2.04 bits per heavy atom. The van der Waals surface area contributed by atoms with E-state index >= 15 is 0 Å². The minimum absolute atomic E-state index is 0.621. The molecule has 0 spiro atoms. The van der Waals surface area contributed by atoms with Gasteiger partial charge >= 0.3 is 5.97 Å². The molecule has 1 heterocycles. The van der Waals surface area contributed by atoms with Gasteiger partial charge in [-0.25, -0.2) is 0 Å². The fraction of sp³-hybridized carbons (Fsp3) is 0.316. The third-order valence-electron chi connectivity index (χ3n) is 4.71. The molecule has 0 amide bonds. The van der Waals surface area contributed by atoms with Gasteiger partial charge < -0.3 is 14.7 Å². The Morgan fingerprint density at radius 2 is 1.54 bits per heavy atom. The molecular formula is C19H20ClNO3. The summed E-state index contributed by atoms with van der Waals surface area (Å²) in [6.07, 6.45) is 1.24. The highest BCUT2D eigenvalue weighted by Crippen LogP contribution is 2.36. The summed E-state index contributed by atoms with van der Waals surface area (Å²) in [7, 11) is 2.02. The first kappa shape index (κ1) is 16.8. The van der Waals surface area contributed by atoms with E-state index in [0.29, 0.717) is 29.4 Å². The van der Waals surface area contributed by atoms with Gasteiger partial charge in [-0.15, -0.1) is 0 Å². The number of likely N-dealkylation sites (tertiary alicyclic amines) is 1. The van der Waals surface area contributed by atoms with E-state index in [1.165, 1.54) is 0 Å². The highest BCUT2D eigenvalue weighted by atomic mass is 35.5. The SMILES string of the molecule is CN1CCC(C(=O)O)(c2ccc(Oc3ccc(Cl)cc3)cc2)CC1. The summed E-state index contributed by atoms with van der Waals surface area (Å²) in [5, 5.41) is 10.5. The van der Waals surface area contributed by atoms with Crippen LogP contribution in [-0.2, 0) is 10.2 Å². The predicted octanol–water partition coefficient (Wildman–Crippen LogP) is 4.18. The summed E-state index contributed by atoms with van der Waals surface area (Å²) in [5.41, 5.74) is 0.0391. The Kier molecular flexibility index (Phi) is 4.78. The molecule has 24 heavy (non-hydrogen) atoms. The molecule has 0 atom stereocenters. The summed E-state index contributed by atoms with van der Waals surface area (Å²) >= 11 is 5.86. The van der Waals surface area contributed by atoms with Crippen molar-refractivity contribution in [3.8, 4) is 11.5 Å². The summed E-state index contributed by atoms with van der Waals surface area (Å²) in [4.78, 5) is 14.1. The van der Waals surface area contributed by atoms with Crippen molar-refractivity contribution in [2.24, 2.45) is 0 Å². The van der Waals surface area contributed by atoms with Crippen LogP contribution in [0.4, 0.5) is 0 Å². The van der Waals surface area contributed by atoms with E-state index < -0.39 is 11.4 Å². The van der Waals surface area contributed by atoms with E-state index in [9.17, 15) is 9.90 Å². The topological polar surface area (TPSA) is 49.8 Å². The maximum absolute atomic E-state index is 11.9. The highest BCUT2D eigenvalue weighted by molar-refractivity contribution is 6.30. The van der Waals surface area contributed by atoms with Crippen LogP contribution in [0.5, 0.6) is 11.5 Å². The largest absolute Gasteiger partial charge is 0.481 e. The van der Waals surface area contributed by atoms with Crippen molar-refractivity contribution in [1.82, 2.24) is 4.90 Å². The lowest BCUT2D eigenvalue weighted by Crippen LogP contribution is -2.46. The Balaban J connectivity index is 1.80. The summed E-state index contributed by atoms with van der Waals surface area (Å²) in [5.74, 6) is 0.621. The predicted molar refractivity (Wildman–Crippen MR) is 94.0 cm³/mol. The normalized spacial score (nSPS) is 17.4. The lowest BCUT2D eigenvalue weighted by atomic mass is 9.73. The maximum Gasteiger partial charge on any atom is 0.314 e. The van der Waals surface area contributed by atoms with Crippen molar-refractivity contribution in [1.29, 1.82) is 0 Å². The van der Waals surface area contributed by atoms with Crippen LogP contribution in [0.2, 0.25) is 5.02 Å². The Morgan fingerprint density at radius 1 is 1.04 bits per heavy atom. The molecule has 0 aliphatic carbocycles. The lowest BCUT2D eigenvalue weighted by Gasteiger charge is -2.37. The van der Waals surface area contributed by atoms with Gasteiger partial charge in [-0.2, -0.15) is 0 Å². The van der Waals surface area contributed by atoms with Gasteiger partial charge in [-0.1, -0.05) is 23.7 Å². The smallest absolute Gasteiger partial charge is 0.314 e. The molecule has 5 heteroatoms. The maximum atomic E-state index is 11.9. The number of ether oxygens (including phenoxy) is 1. The molecule has 0 radical (unpaired) electrons. The Labute approximate surface area is 146 Å². The number of benzene rings is 2. The van der Waals surface area contributed by atoms with E-state index in [1.807, 2.05) is 31.3 Å². The van der Waals surface area contributed by atoms with Gasteiger partial charge in [-0.05, 0) is 74.9 Å². The number of aliphatic carboxylic acids is 1. The van der Waals surface area contributed by atoms with Crippen LogP contribution in [0, 0.1) is 0 Å². The molecular weight excluding hydrogens is 326 g/mol. The zero-order valence-electron chi connectivity index (χ0n) is 13.5. The molecule has 0 unspecified atom stereocenters. The standard InChI is InChI=1S/C19H20ClNO3/c1-21-12-10-19(11-13-21,18(22)23)14-2-6-16(7-3-14)24-17-8-4-15(20)5-9-17/h2-9H,10-13H2,1H3,(H,22,23). The molecule has 0 saturated carbocycles. The number of carbonyl (C=O) groups is 1. The van der Waals surface area contributed by atoms with Gasteiger partial charge in [0, 0.05) is 5.02 Å². The van der Waals surface area contributed by atoms with Gasteiger partial charge in [0.1, 0.15) is 11.5 Å². The van der Waals surface area contributed by atoms with Crippen molar-refractivity contribution >= 4 is 17.6 Å². The first-order valence-corrected chi connectivity index (χ1v) is 8.33. The fourth-order valence-corrected chi connectivity index (χ4v) is 3.23. The second-order valence-corrected chi connectivity index (χ2v) is 6.71. The van der Waals surface area contributed by atoms with Crippen LogP contribution in [-0.4, -0.2) is 36.1 Å². The van der Waals surface area contributed by atoms with Crippen molar-refractivity contribution < 1.29 is 14.6 Å². The van der Waals surface area contributed by atoms with Gasteiger partial charge in [0.25, 0.3) is 0 Å². The zero-order valence-corrected chi connectivity index (χ0v) is 14.3. The van der Waals surface area contributed by atoms with Crippen LogP contribution < -0.4 is 4.74 Å². The van der Waals surface area contributed by atoms with Gasteiger partial charge in [-0.3, -0.25) is 4.79 Å². The van der Waals surface area contributed by atoms with E-state index in [2.05, 4.69) is 4.90 Å². The Hall–Kier alpha value is -2.04. The third-order valence-corrected chi connectivity index (χ3v) is 4.96. The molecule has 2 aromatic rings. The van der Waals surface area contributed by atoms with Gasteiger partial charge in [0.15, 0.2) is 0 Å². The van der Waals surface area contributed by atoms with Crippen LogP contribution in [0.15, 0.2) is 48.5 Å². The van der Waals surface area contributed by atoms with Crippen molar-refractivity contribution in [2.75, 3.05) is 20.1 Å². The van der Waals surface area contributed by atoms with Crippen molar-refractivity contribution in [2.45, 2.75) is 18.3 Å². The van der Waals surface area contributed by atoms with Crippen LogP contribution in [0.3, 0.4) is 0 Å². The van der Waals surface area contributed by atoms with E-state index in [-0.39, 0.29) is 0 Å². The van der Waals surface area contributed by atoms with E-state index in [1.54, 1.807) is 24.3 Å². The second-order valence-electron chi connectivity index (χ2n) is 6.27. The number of rotatable bonds is 4. The minimum Gasteiger partial charge on any atom is -0.481 e. The quantitative estimate of drug-likeness (QED) is 0.903. The lowest BCUT2D eigenvalue weighted by molar-refractivity contribution is -0.145. The number of carboxylic acid groups (broad SMARTS) is 1. The van der Waals surface area contributed by atoms with Crippen LogP contribution >= 0.6 is 11.6 Å². The Bertz CT molecular complexity index is 704. The number of carboxylic acids is 1. The van der Waals surface area contributed by atoms with E-state index in [4.69, 9.17) is 16.3 Å². The second kappa shape index (κ2) is 6.83. The van der Waals surface area contributed by atoms with Crippen molar-refractivity contribution in [3.05, 3.63) is 59.1 Å². The molecule has 2 aromatic carbocycles. The molecule has 1 aliphatic heterocycles. The summed E-state index contributed by atoms with van der Waals surface area (Å²) < 4.78 is 5.77. The third kappa shape index (κ3) is 3.40. The first-order valence-electron chi connectivity index (χ1n) is 7.95. The van der Waals surface area contributed by atoms with Gasteiger partial charge in [0.05, 0.1) is 5.41 Å². The number of hydrogen-bond acceptors (Lipinski definition) is 3. The fourth-order valence-electron chi connectivity index (χ4n) is 3.11. The van der Waals surface area contributed by atoms with Crippen molar-refractivity contribution in [3.63, 3.8) is 0 Å². The molecule has 0 aromatic heterocycles.